The summed E-state index contributed by atoms with van der Waals surface area (Å²) in [4.78, 5) is 17.6. The maximum absolute atomic E-state index is 14.9. The van der Waals surface area contributed by atoms with E-state index in [1.54, 1.807) is 31.5 Å². The fraction of sp³-hybridized carbons (Fsp3) is 0.292. The Bertz CT molecular complexity index is 1300. The molecule has 1 saturated carbocycles. The highest BCUT2D eigenvalue weighted by atomic mass is 19.1. The van der Waals surface area contributed by atoms with E-state index in [1.807, 2.05) is 17.7 Å². The van der Waals surface area contributed by atoms with Crippen LogP contribution < -0.4 is 21.7 Å². The summed E-state index contributed by atoms with van der Waals surface area (Å²) in [7, 11) is 0. The molecule has 0 spiro atoms. The molecule has 0 saturated heterocycles. The lowest BCUT2D eigenvalue weighted by molar-refractivity contribution is 0.102. The molecule has 5 rings (SSSR count). The summed E-state index contributed by atoms with van der Waals surface area (Å²) < 4.78 is 22.6. The second-order valence-electron chi connectivity index (χ2n) is 8.76. The number of halogens is 1. The van der Waals surface area contributed by atoms with Crippen LogP contribution in [0.5, 0.6) is 5.75 Å². The number of benzene rings is 2. The molecule has 1 fully saturated rings. The van der Waals surface area contributed by atoms with Crippen molar-refractivity contribution in [1.82, 2.24) is 14.6 Å². The first-order chi connectivity index (χ1) is 16.4. The summed E-state index contributed by atoms with van der Waals surface area (Å²) in [5.74, 6) is 11.7. The minimum Gasteiger partial charge on any atom is -0.488 e. The maximum Gasteiger partial charge on any atom is 0.258 e. The van der Waals surface area contributed by atoms with Gasteiger partial charge in [-0.1, -0.05) is 6.07 Å². The Morgan fingerprint density at radius 3 is 2.85 bits per heavy atom. The van der Waals surface area contributed by atoms with Gasteiger partial charge in [-0.15, -0.1) is 0 Å². The summed E-state index contributed by atoms with van der Waals surface area (Å²) >= 11 is 0. The van der Waals surface area contributed by atoms with Crippen LogP contribution in [-0.4, -0.2) is 39.0 Å². The van der Waals surface area contributed by atoms with Crippen molar-refractivity contribution in [2.75, 3.05) is 11.9 Å². The Hall–Kier alpha value is -3.92. The van der Waals surface area contributed by atoms with Crippen molar-refractivity contribution in [3.8, 4) is 11.4 Å². The zero-order chi connectivity index (χ0) is 24.0. The number of amidine groups is 1. The van der Waals surface area contributed by atoms with E-state index in [2.05, 4.69) is 15.4 Å². The molecule has 1 amide bonds. The van der Waals surface area contributed by atoms with E-state index in [1.165, 1.54) is 17.1 Å². The van der Waals surface area contributed by atoms with E-state index in [0.29, 0.717) is 40.0 Å². The largest absolute Gasteiger partial charge is 0.488 e. The van der Waals surface area contributed by atoms with Gasteiger partial charge in [0.2, 0.25) is 0 Å². The van der Waals surface area contributed by atoms with Crippen molar-refractivity contribution in [2.45, 2.75) is 38.6 Å². The number of imidazole rings is 1. The number of rotatable bonds is 4. The minimum absolute atomic E-state index is 0.0879. The summed E-state index contributed by atoms with van der Waals surface area (Å²) in [6.07, 6.45) is 5.91. The number of carbonyl (C=O) groups excluding carboxylic acids is 1. The molecule has 0 radical (unpaired) electrons. The monoisotopic (exact) mass is 463 g/mol. The van der Waals surface area contributed by atoms with Crippen LogP contribution in [0.1, 0.15) is 52.9 Å². The highest BCUT2D eigenvalue weighted by molar-refractivity contribution is 6.08. The molecule has 10 heteroatoms. The maximum atomic E-state index is 14.9. The van der Waals surface area contributed by atoms with Crippen molar-refractivity contribution in [1.29, 1.82) is 0 Å². The van der Waals surface area contributed by atoms with E-state index in [4.69, 9.17) is 16.4 Å². The van der Waals surface area contributed by atoms with E-state index in [0.717, 1.165) is 18.5 Å². The number of fused-ring (bicyclic) bond motifs is 1. The molecular formula is C24H26FN7O2. The molecule has 1 aliphatic heterocycles. The first kappa shape index (κ1) is 21.9. The van der Waals surface area contributed by atoms with Crippen LogP contribution in [0.25, 0.3) is 5.69 Å². The molecule has 2 aromatic carbocycles. The molecule has 3 aromatic rings. The van der Waals surface area contributed by atoms with Gasteiger partial charge < -0.3 is 20.5 Å². The van der Waals surface area contributed by atoms with Gasteiger partial charge in [-0.2, -0.15) is 5.10 Å². The molecule has 2 aliphatic rings. The van der Waals surface area contributed by atoms with Crippen LogP contribution >= 0.6 is 0 Å². The zero-order valence-corrected chi connectivity index (χ0v) is 19.0. The first-order valence-electron chi connectivity index (χ1n) is 11.1. The third-order valence-corrected chi connectivity index (χ3v) is 6.22. The SMILES string of the molecule is Cc1cc(F)c(C(=O)Nc2cccc3c2OCC(C)N(N)/C3=N\N)cc1-n1cnc(C2CC2)c1. The Morgan fingerprint density at radius 2 is 2.12 bits per heavy atom. The summed E-state index contributed by atoms with van der Waals surface area (Å²) in [5, 5.41) is 8.00. The number of hydrogen-bond donors (Lipinski definition) is 3. The topological polar surface area (TPSA) is 124 Å². The lowest BCUT2D eigenvalue weighted by Crippen LogP contribution is -2.46. The number of nitrogens with zero attached hydrogens (tertiary/aromatic N) is 4. The molecule has 34 heavy (non-hydrogen) atoms. The number of aromatic nitrogens is 2. The number of aryl methyl sites for hydroxylation is 1. The molecule has 5 N–H and O–H groups in total. The van der Waals surface area contributed by atoms with Gasteiger partial charge in [0.25, 0.3) is 5.91 Å². The van der Waals surface area contributed by atoms with Gasteiger partial charge in [0.15, 0.2) is 11.6 Å². The number of ether oxygens (including phenoxy) is 1. The number of hydrogen-bond acceptors (Lipinski definition) is 6. The van der Waals surface area contributed by atoms with E-state index < -0.39 is 11.7 Å². The predicted octanol–water partition coefficient (Wildman–Crippen LogP) is 3.03. The summed E-state index contributed by atoms with van der Waals surface area (Å²) in [6, 6.07) is 7.83. The Labute approximate surface area is 196 Å². The molecule has 0 bridgehead atoms. The number of nitrogens with two attached hydrogens (primary N) is 2. The number of nitrogens with one attached hydrogen (secondary N) is 1. The first-order valence-corrected chi connectivity index (χ1v) is 11.1. The molecule has 1 unspecified atom stereocenters. The fourth-order valence-electron chi connectivity index (χ4n) is 4.10. The number of hydrazine groups is 1. The van der Waals surface area contributed by atoms with E-state index in [-0.39, 0.29) is 18.2 Å². The second kappa shape index (κ2) is 8.45. The fourth-order valence-corrected chi connectivity index (χ4v) is 4.10. The highest BCUT2D eigenvalue weighted by Gasteiger charge is 2.28. The van der Waals surface area contributed by atoms with E-state index in [9.17, 15) is 9.18 Å². The molecule has 9 nitrogen and oxygen atoms in total. The standard InChI is InChI=1S/C24H26FN7O2/c1-13-8-18(25)17(9-21(13)31-10-20(28-12-31)15-6-7-15)24(33)29-19-5-3-4-16-22(19)34-11-14(2)32(27)23(16)30-26/h3-5,8-10,12,14-15H,6-7,11,26-27H2,1-2H3,(H,29,33)/b30-23-. The molecule has 1 atom stereocenters. The third kappa shape index (κ3) is 3.86. The Morgan fingerprint density at radius 1 is 1.32 bits per heavy atom. The van der Waals surface area contributed by atoms with Gasteiger partial charge in [0.1, 0.15) is 12.4 Å². The van der Waals surface area contributed by atoms with Gasteiger partial charge in [-0.3, -0.25) is 9.80 Å². The second-order valence-corrected chi connectivity index (χ2v) is 8.76. The Balaban J connectivity index is 1.48. The van der Waals surface area contributed by atoms with E-state index >= 15 is 0 Å². The minimum atomic E-state index is -0.616. The van der Waals surface area contributed by atoms with Crippen molar-refractivity contribution in [3.63, 3.8) is 0 Å². The molecule has 2 heterocycles. The van der Waals surface area contributed by atoms with Crippen molar-refractivity contribution in [3.05, 3.63) is 71.1 Å². The average molecular weight is 464 g/mol. The smallest absolute Gasteiger partial charge is 0.258 e. The van der Waals surface area contributed by atoms with Crippen molar-refractivity contribution < 1.29 is 13.9 Å². The number of carbonyl (C=O) groups is 1. The van der Waals surface area contributed by atoms with Gasteiger partial charge in [0, 0.05) is 12.1 Å². The van der Waals surface area contributed by atoms with Crippen molar-refractivity contribution >= 4 is 17.4 Å². The highest BCUT2D eigenvalue weighted by Crippen LogP contribution is 2.39. The molecular weight excluding hydrogens is 437 g/mol. The van der Waals surface area contributed by atoms with Gasteiger partial charge in [-0.05, 0) is 56.5 Å². The number of hydrazone groups is 1. The molecule has 176 valence electrons. The van der Waals surface area contributed by atoms with Gasteiger partial charge in [-0.25, -0.2) is 15.2 Å². The Kier molecular flexibility index (Phi) is 5.45. The zero-order valence-electron chi connectivity index (χ0n) is 19.0. The predicted molar refractivity (Wildman–Crippen MR) is 126 cm³/mol. The lowest BCUT2D eigenvalue weighted by Gasteiger charge is -2.22. The van der Waals surface area contributed by atoms with Crippen LogP contribution in [0.15, 0.2) is 48.0 Å². The normalized spacial score (nSPS) is 18.9. The van der Waals surface area contributed by atoms with Crippen LogP contribution in [0.2, 0.25) is 0 Å². The summed E-state index contributed by atoms with van der Waals surface area (Å²) in [5.41, 5.74) is 3.22. The average Bonchev–Trinajstić information content (AvgIpc) is 3.57. The summed E-state index contributed by atoms with van der Waals surface area (Å²) in [6.45, 7) is 3.92. The van der Waals surface area contributed by atoms with Gasteiger partial charge in [0.05, 0.1) is 40.6 Å². The van der Waals surface area contributed by atoms with Crippen LogP contribution in [0.4, 0.5) is 10.1 Å². The van der Waals surface area contributed by atoms with Crippen LogP contribution in [0, 0.1) is 12.7 Å². The van der Waals surface area contributed by atoms with Crippen LogP contribution in [-0.2, 0) is 0 Å². The number of amides is 1. The van der Waals surface area contributed by atoms with Crippen molar-refractivity contribution in [2.24, 2.45) is 16.8 Å². The number of anilines is 1. The van der Waals surface area contributed by atoms with Gasteiger partial charge >= 0.3 is 0 Å². The third-order valence-electron chi connectivity index (χ3n) is 6.22. The van der Waals surface area contributed by atoms with Crippen LogP contribution in [0.3, 0.4) is 0 Å². The molecule has 1 aromatic heterocycles. The molecule has 1 aliphatic carbocycles. The quantitative estimate of drug-likeness (QED) is 0.404. The number of para-hydroxylation sites is 1. The lowest BCUT2D eigenvalue weighted by atomic mass is 10.1.